The zero-order valence-corrected chi connectivity index (χ0v) is 13.3. The SMILES string of the molecule is CC1=CC(C)CC(CNc2cnc3c(c2)c(C)nn3C)C1. The standard InChI is InChI=1S/C17H24N4/c1-11-5-12(2)7-14(6-11)9-18-15-8-16-13(3)20-21(4)17(16)19-10-15/h5,8,10-11,14,18H,6-7,9H2,1-4H3. The van der Waals surface area contributed by atoms with Crippen molar-refractivity contribution < 1.29 is 0 Å². The lowest BCUT2D eigenvalue weighted by Gasteiger charge is -2.25. The van der Waals surface area contributed by atoms with E-state index in [1.54, 1.807) is 0 Å². The van der Waals surface area contributed by atoms with Gasteiger partial charge in [0.15, 0.2) is 5.65 Å². The van der Waals surface area contributed by atoms with Crippen LogP contribution >= 0.6 is 0 Å². The fraction of sp³-hybridized carbons (Fsp3) is 0.529. The minimum atomic E-state index is 0.701. The number of rotatable bonds is 3. The maximum atomic E-state index is 4.52. The maximum Gasteiger partial charge on any atom is 0.157 e. The van der Waals surface area contributed by atoms with Gasteiger partial charge < -0.3 is 5.32 Å². The van der Waals surface area contributed by atoms with Crippen LogP contribution in [0.2, 0.25) is 0 Å². The molecule has 21 heavy (non-hydrogen) atoms. The van der Waals surface area contributed by atoms with Crippen LogP contribution < -0.4 is 5.32 Å². The Morgan fingerprint density at radius 1 is 1.38 bits per heavy atom. The second-order valence-corrected chi connectivity index (χ2v) is 6.48. The summed E-state index contributed by atoms with van der Waals surface area (Å²) in [5.74, 6) is 1.42. The van der Waals surface area contributed by atoms with Gasteiger partial charge in [-0.05, 0) is 44.6 Å². The van der Waals surface area contributed by atoms with Crippen molar-refractivity contribution in [2.75, 3.05) is 11.9 Å². The predicted octanol–water partition coefficient (Wildman–Crippen LogP) is 3.68. The molecular formula is C17H24N4. The van der Waals surface area contributed by atoms with Crippen molar-refractivity contribution >= 4 is 16.7 Å². The van der Waals surface area contributed by atoms with Crippen molar-refractivity contribution in [2.24, 2.45) is 18.9 Å². The number of hydrogen-bond donors (Lipinski definition) is 1. The molecule has 2 aromatic rings. The summed E-state index contributed by atoms with van der Waals surface area (Å²) in [5, 5.41) is 9.11. The van der Waals surface area contributed by atoms with Gasteiger partial charge in [0.1, 0.15) is 0 Å². The van der Waals surface area contributed by atoms with E-state index in [2.05, 4.69) is 41.4 Å². The van der Waals surface area contributed by atoms with Crippen LogP contribution in [0, 0.1) is 18.8 Å². The highest BCUT2D eigenvalue weighted by molar-refractivity contribution is 5.81. The van der Waals surface area contributed by atoms with E-state index in [-0.39, 0.29) is 0 Å². The Labute approximate surface area is 126 Å². The van der Waals surface area contributed by atoms with Crippen molar-refractivity contribution in [3.05, 3.63) is 29.6 Å². The molecule has 1 aliphatic rings. The molecule has 2 aromatic heterocycles. The van der Waals surface area contributed by atoms with Gasteiger partial charge in [-0.3, -0.25) is 4.68 Å². The first kappa shape index (κ1) is 14.1. The van der Waals surface area contributed by atoms with Crippen molar-refractivity contribution in [2.45, 2.75) is 33.6 Å². The number of aryl methyl sites for hydroxylation is 2. The Morgan fingerprint density at radius 2 is 2.19 bits per heavy atom. The molecule has 1 aliphatic carbocycles. The van der Waals surface area contributed by atoms with Crippen LogP contribution in [-0.2, 0) is 7.05 Å². The zero-order chi connectivity index (χ0) is 15.0. The van der Waals surface area contributed by atoms with Gasteiger partial charge in [-0.1, -0.05) is 18.6 Å². The summed E-state index contributed by atoms with van der Waals surface area (Å²) in [5.41, 5.74) is 4.60. The zero-order valence-electron chi connectivity index (χ0n) is 13.3. The predicted molar refractivity (Wildman–Crippen MR) is 87.4 cm³/mol. The third-order valence-corrected chi connectivity index (χ3v) is 4.34. The molecule has 0 bridgehead atoms. The molecule has 0 spiro atoms. The summed E-state index contributed by atoms with van der Waals surface area (Å²) in [4.78, 5) is 4.52. The molecule has 2 unspecified atom stereocenters. The molecule has 4 nitrogen and oxygen atoms in total. The Hall–Kier alpha value is -1.84. The molecule has 0 aromatic carbocycles. The van der Waals surface area contributed by atoms with Crippen LogP contribution in [0.15, 0.2) is 23.9 Å². The van der Waals surface area contributed by atoms with Crippen LogP contribution in [0.25, 0.3) is 11.0 Å². The molecule has 3 rings (SSSR count). The van der Waals surface area contributed by atoms with Gasteiger partial charge in [-0.25, -0.2) is 4.98 Å². The average Bonchev–Trinajstić information content (AvgIpc) is 2.70. The average molecular weight is 284 g/mol. The molecule has 0 saturated heterocycles. The highest BCUT2D eigenvalue weighted by Crippen LogP contribution is 2.28. The molecule has 0 radical (unpaired) electrons. The number of pyridine rings is 1. The minimum absolute atomic E-state index is 0.701. The van der Waals surface area contributed by atoms with Gasteiger partial charge in [0.05, 0.1) is 17.6 Å². The minimum Gasteiger partial charge on any atom is -0.383 e. The molecule has 0 fully saturated rings. The summed E-state index contributed by atoms with van der Waals surface area (Å²) >= 11 is 0. The van der Waals surface area contributed by atoms with E-state index in [0.717, 1.165) is 34.9 Å². The summed E-state index contributed by atoms with van der Waals surface area (Å²) in [6.45, 7) is 7.60. The third kappa shape index (κ3) is 2.94. The van der Waals surface area contributed by atoms with Gasteiger partial charge >= 0.3 is 0 Å². The number of hydrogen-bond acceptors (Lipinski definition) is 3. The number of nitrogens with one attached hydrogen (secondary N) is 1. The van der Waals surface area contributed by atoms with Crippen molar-refractivity contribution in [1.82, 2.24) is 14.8 Å². The summed E-state index contributed by atoms with van der Waals surface area (Å²) < 4.78 is 1.84. The smallest absolute Gasteiger partial charge is 0.157 e. The third-order valence-electron chi connectivity index (χ3n) is 4.34. The van der Waals surface area contributed by atoms with Crippen molar-refractivity contribution in [1.29, 1.82) is 0 Å². The molecule has 2 atom stereocenters. The summed E-state index contributed by atoms with van der Waals surface area (Å²) in [7, 11) is 1.94. The lowest BCUT2D eigenvalue weighted by molar-refractivity contribution is 0.421. The maximum absolute atomic E-state index is 4.52. The van der Waals surface area contributed by atoms with E-state index in [9.17, 15) is 0 Å². The fourth-order valence-electron chi connectivity index (χ4n) is 3.51. The van der Waals surface area contributed by atoms with Gasteiger partial charge in [-0.15, -0.1) is 0 Å². The highest BCUT2D eigenvalue weighted by atomic mass is 15.3. The van der Waals surface area contributed by atoms with Gasteiger partial charge in [0, 0.05) is 19.0 Å². The molecule has 112 valence electrons. The Morgan fingerprint density at radius 3 is 2.95 bits per heavy atom. The van der Waals surface area contributed by atoms with Crippen LogP contribution in [0.3, 0.4) is 0 Å². The highest BCUT2D eigenvalue weighted by Gasteiger charge is 2.18. The number of fused-ring (bicyclic) bond motifs is 1. The Bertz CT molecular complexity index is 683. The lowest BCUT2D eigenvalue weighted by atomic mass is 9.84. The molecule has 0 amide bonds. The van der Waals surface area contributed by atoms with E-state index in [4.69, 9.17) is 0 Å². The second kappa shape index (κ2) is 5.51. The first-order valence-corrected chi connectivity index (χ1v) is 7.73. The molecular weight excluding hydrogens is 260 g/mol. The quantitative estimate of drug-likeness (QED) is 0.874. The van der Waals surface area contributed by atoms with E-state index in [1.807, 2.05) is 24.9 Å². The monoisotopic (exact) mass is 284 g/mol. The fourth-order valence-corrected chi connectivity index (χ4v) is 3.51. The summed E-state index contributed by atoms with van der Waals surface area (Å²) in [6.07, 6.45) is 6.80. The van der Waals surface area contributed by atoms with E-state index in [0.29, 0.717) is 5.92 Å². The van der Waals surface area contributed by atoms with Gasteiger partial charge in [0.25, 0.3) is 0 Å². The summed E-state index contributed by atoms with van der Waals surface area (Å²) in [6, 6.07) is 2.17. The second-order valence-electron chi connectivity index (χ2n) is 6.48. The van der Waals surface area contributed by atoms with Gasteiger partial charge in [0.2, 0.25) is 0 Å². The number of aromatic nitrogens is 3. The molecule has 2 heterocycles. The molecule has 0 saturated carbocycles. The number of anilines is 1. The van der Waals surface area contributed by atoms with Crippen LogP contribution in [0.4, 0.5) is 5.69 Å². The van der Waals surface area contributed by atoms with E-state index >= 15 is 0 Å². The van der Waals surface area contributed by atoms with E-state index in [1.165, 1.54) is 18.4 Å². The van der Waals surface area contributed by atoms with E-state index < -0.39 is 0 Å². The van der Waals surface area contributed by atoms with Crippen molar-refractivity contribution in [3.63, 3.8) is 0 Å². The molecule has 1 N–H and O–H groups in total. The van der Waals surface area contributed by atoms with Crippen molar-refractivity contribution in [3.8, 4) is 0 Å². The number of allylic oxidation sites excluding steroid dienone is 2. The van der Waals surface area contributed by atoms with Crippen LogP contribution in [-0.4, -0.2) is 21.3 Å². The van der Waals surface area contributed by atoms with Crippen LogP contribution in [0.1, 0.15) is 32.4 Å². The van der Waals surface area contributed by atoms with Crippen LogP contribution in [0.5, 0.6) is 0 Å². The Kier molecular flexibility index (Phi) is 3.70. The van der Waals surface area contributed by atoms with Gasteiger partial charge in [-0.2, -0.15) is 5.10 Å². The first-order valence-electron chi connectivity index (χ1n) is 7.73. The molecule has 4 heteroatoms. The largest absolute Gasteiger partial charge is 0.383 e. The lowest BCUT2D eigenvalue weighted by Crippen LogP contribution is -2.20. The first-order chi connectivity index (χ1) is 10.0. The topological polar surface area (TPSA) is 42.7 Å². The Balaban J connectivity index is 1.71. The normalized spacial score (nSPS) is 22.4. The number of nitrogens with zero attached hydrogens (tertiary/aromatic N) is 3. The molecule has 0 aliphatic heterocycles.